The van der Waals surface area contributed by atoms with Gasteiger partial charge in [0.25, 0.3) is 5.91 Å². The first-order valence-electron chi connectivity index (χ1n) is 8.71. The van der Waals surface area contributed by atoms with Crippen molar-refractivity contribution in [3.63, 3.8) is 0 Å². The van der Waals surface area contributed by atoms with Crippen molar-refractivity contribution >= 4 is 11.7 Å². The van der Waals surface area contributed by atoms with Crippen LogP contribution in [0.5, 0.6) is 0 Å². The molecule has 1 aliphatic heterocycles. The Morgan fingerprint density at radius 1 is 1.36 bits per heavy atom. The van der Waals surface area contributed by atoms with E-state index in [1.165, 1.54) is 0 Å². The average molecular weight is 341 g/mol. The van der Waals surface area contributed by atoms with Crippen LogP contribution in [0, 0.1) is 6.92 Å². The predicted octanol–water partition coefficient (Wildman–Crippen LogP) is 2.62. The molecule has 132 valence electrons. The summed E-state index contributed by atoms with van der Waals surface area (Å²) in [7, 11) is 0. The number of aromatic nitrogens is 1. The number of aryl methyl sites for hydroxylation is 2. The Balaban J connectivity index is 1.83. The molecular weight excluding hydrogens is 318 g/mol. The van der Waals surface area contributed by atoms with Gasteiger partial charge in [-0.05, 0) is 63.0 Å². The fourth-order valence-electron chi connectivity index (χ4n) is 3.14. The molecule has 0 aliphatic carbocycles. The van der Waals surface area contributed by atoms with E-state index in [0.29, 0.717) is 17.1 Å². The van der Waals surface area contributed by atoms with Crippen LogP contribution in [0.4, 0.5) is 5.82 Å². The van der Waals surface area contributed by atoms with Gasteiger partial charge in [0.1, 0.15) is 17.1 Å². The van der Waals surface area contributed by atoms with Crippen LogP contribution in [0.1, 0.15) is 53.1 Å². The van der Waals surface area contributed by atoms with Crippen LogP contribution in [0.25, 0.3) is 0 Å². The molecule has 0 unspecified atom stereocenters. The number of pyridine rings is 1. The van der Waals surface area contributed by atoms with Gasteiger partial charge in [-0.2, -0.15) is 0 Å². The highest BCUT2D eigenvalue weighted by Gasteiger charge is 2.22. The molecule has 0 atom stereocenters. The smallest absolute Gasteiger partial charge is 0.349 e. The van der Waals surface area contributed by atoms with Crippen molar-refractivity contribution < 1.29 is 9.21 Å². The molecule has 0 bridgehead atoms. The van der Waals surface area contributed by atoms with Crippen molar-refractivity contribution in [3.05, 3.63) is 57.3 Å². The topological polar surface area (TPSA) is 84.2 Å². The number of nitrogens with zero attached hydrogens (tertiary/aromatic N) is 1. The maximum absolute atomic E-state index is 12.5. The number of rotatable bonds is 4. The van der Waals surface area contributed by atoms with Crippen molar-refractivity contribution in [1.82, 2.24) is 10.3 Å². The van der Waals surface area contributed by atoms with E-state index in [0.717, 1.165) is 38.0 Å². The summed E-state index contributed by atoms with van der Waals surface area (Å²) in [5, 5.41) is 5.98. The van der Waals surface area contributed by atoms with Crippen LogP contribution < -0.4 is 16.3 Å². The number of hydrogen-bond donors (Lipinski definition) is 2. The summed E-state index contributed by atoms with van der Waals surface area (Å²) in [5.41, 5.74) is 0.968. The van der Waals surface area contributed by atoms with Gasteiger partial charge < -0.3 is 15.1 Å². The fourth-order valence-corrected chi connectivity index (χ4v) is 3.14. The molecule has 1 aliphatic rings. The lowest BCUT2D eigenvalue weighted by Gasteiger charge is -2.21. The van der Waals surface area contributed by atoms with Crippen molar-refractivity contribution in [3.8, 4) is 0 Å². The van der Waals surface area contributed by atoms with E-state index in [4.69, 9.17) is 4.42 Å². The van der Waals surface area contributed by atoms with Crippen LogP contribution in [0.2, 0.25) is 0 Å². The summed E-state index contributed by atoms with van der Waals surface area (Å²) >= 11 is 0. The number of nitrogens with one attached hydrogen (secondary N) is 2. The van der Waals surface area contributed by atoms with Crippen LogP contribution in [-0.2, 0) is 6.42 Å². The quantitative estimate of drug-likeness (QED) is 0.893. The van der Waals surface area contributed by atoms with Gasteiger partial charge in [0, 0.05) is 11.6 Å². The lowest BCUT2D eigenvalue weighted by molar-refractivity contribution is 0.102. The number of amides is 1. The van der Waals surface area contributed by atoms with Gasteiger partial charge in [0.15, 0.2) is 0 Å². The lowest BCUT2D eigenvalue weighted by atomic mass is 9.94. The molecule has 2 aromatic rings. The first-order chi connectivity index (χ1) is 12.1. The van der Waals surface area contributed by atoms with E-state index in [1.807, 2.05) is 25.1 Å². The Bertz CT molecular complexity index is 823. The molecule has 25 heavy (non-hydrogen) atoms. The zero-order valence-electron chi connectivity index (χ0n) is 14.6. The average Bonchev–Trinajstić information content (AvgIpc) is 2.62. The third kappa shape index (κ3) is 3.96. The van der Waals surface area contributed by atoms with Gasteiger partial charge in [-0.15, -0.1) is 0 Å². The van der Waals surface area contributed by atoms with E-state index < -0.39 is 11.5 Å². The Morgan fingerprint density at radius 3 is 2.80 bits per heavy atom. The number of anilines is 1. The van der Waals surface area contributed by atoms with E-state index in [1.54, 1.807) is 13.0 Å². The highest BCUT2D eigenvalue weighted by Crippen LogP contribution is 2.25. The van der Waals surface area contributed by atoms with Crippen molar-refractivity contribution in [2.24, 2.45) is 0 Å². The van der Waals surface area contributed by atoms with E-state index in [9.17, 15) is 9.59 Å². The largest absolute Gasteiger partial charge is 0.427 e. The maximum atomic E-state index is 12.5. The minimum Gasteiger partial charge on any atom is -0.427 e. The van der Waals surface area contributed by atoms with Gasteiger partial charge in [-0.25, -0.2) is 9.78 Å². The van der Waals surface area contributed by atoms with Crippen molar-refractivity contribution in [2.45, 2.75) is 39.0 Å². The second-order valence-corrected chi connectivity index (χ2v) is 6.34. The molecule has 0 saturated carbocycles. The van der Waals surface area contributed by atoms with Crippen molar-refractivity contribution in [1.29, 1.82) is 0 Å². The van der Waals surface area contributed by atoms with E-state index in [-0.39, 0.29) is 11.5 Å². The first-order valence-corrected chi connectivity index (χ1v) is 8.71. The number of carbonyl (C=O) groups is 1. The number of piperidine rings is 1. The maximum Gasteiger partial charge on any atom is 0.349 e. The molecule has 1 fully saturated rings. The highest BCUT2D eigenvalue weighted by molar-refractivity contribution is 6.04. The third-order valence-corrected chi connectivity index (χ3v) is 4.55. The van der Waals surface area contributed by atoms with Crippen LogP contribution in [0.3, 0.4) is 0 Å². The van der Waals surface area contributed by atoms with Gasteiger partial charge in [0.05, 0.1) is 0 Å². The molecule has 6 heteroatoms. The van der Waals surface area contributed by atoms with Crippen molar-refractivity contribution in [2.75, 3.05) is 18.4 Å². The van der Waals surface area contributed by atoms with Gasteiger partial charge in [-0.3, -0.25) is 4.79 Å². The summed E-state index contributed by atoms with van der Waals surface area (Å²) in [6.45, 7) is 5.59. The highest BCUT2D eigenvalue weighted by atomic mass is 16.4. The molecule has 0 spiro atoms. The normalized spacial score (nSPS) is 15.1. The SMILES string of the molecule is CCc1cccc(NC(=O)c2c(C)cc(C3CCNCC3)oc2=O)n1. The summed E-state index contributed by atoms with van der Waals surface area (Å²) in [6.07, 6.45) is 2.64. The second kappa shape index (κ2) is 7.61. The minimum atomic E-state index is -0.585. The Kier molecular flexibility index (Phi) is 5.28. The second-order valence-electron chi connectivity index (χ2n) is 6.34. The Morgan fingerprint density at radius 2 is 2.12 bits per heavy atom. The van der Waals surface area contributed by atoms with Gasteiger partial charge in [-0.1, -0.05) is 13.0 Å². The molecule has 3 heterocycles. The first kappa shape index (κ1) is 17.4. The van der Waals surface area contributed by atoms with Gasteiger partial charge in [0.2, 0.25) is 0 Å². The molecule has 3 rings (SSSR count). The predicted molar refractivity (Wildman–Crippen MR) is 96.1 cm³/mol. The molecule has 1 saturated heterocycles. The number of carbonyl (C=O) groups excluding carboxylic acids is 1. The Hall–Kier alpha value is -2.47. The van der Waals surface area contributed by atoms with Crippen LogP contribution >= 0.6 is 0 Å². The molecule has 0 radical (unpaired) electrons. The Labute approximate surface area is 146 Å². The molecule has 2 aromatic heterocycles. The zero-order valence-corrected chi connectivity index (χ0v) is 14.6. The molecule has 0 aromatic carbocycles. The summed E-state index contributed by atoms with van der Waals surface area (Å²) in [5.74, 6) is 0.855. The summed E-state index contributed by atoms with van der Waals surface area (Å²) in [6, 6.07) is 7.25. The monoisotopic (exact) mass is 341 g/mol. The summed E-state index contributed by atoms with van der Waals surface area (Å²) in [4.78, 5) is 29.3. The van der Waals surface area contributed by atoms with E-state index in [2.05, 4.69) is 15.6 Å². The third-order valence-electron chi connectivity index (χ3n) is 4.55. The summed E-state index contributed by atoms with van der Waals surface area (Å²) < 4.78 is 5.47. The van der Waals surface area contributed by atoms with Crippen LogP contribution in [0.15, 0.2) is 33.5 Å². The van der Waals surface area contributed by atoms with Crippen LogP contribution in [-0.4, -0.2) is 24.0 Å². The molecule has 6 nitrogen and oxygen atoms in total. The van der Waals surface area contributed by atoms with Gasteiger partial charge >= 0.3 is 5.63 Å². The fraction of sp³-hybridized carbons (Fsp3) is 0.421. The standard InChI is InChI=1S/C19H23N3O3/c1-3-14-5-4-6-16(21-14)22-18(23)17-12(2)11-15(25-19(17)24)13-7-9-20-10-8-13/h4-6,11,13,20H,3,7-10H2,1-2H3,(H,21,22,23). The zero-order chi connectivity index (χ0) is 17.8. The number of hydrogen-bond acceptors (Lipinski definition) is 5. The van der Waals surface area contributed by atoms with E-state index >= 15 is 0 Å². The molecule has 1 amide bonds. The minimum absolute atomic E-state index is 0.0429. The molecule has 2 N–H and O–H groups in total. The lowest BCUT2D eigenvalue weighted by Crippen LogP contribution is -2.28. The molecular formula is C19H23N3O3.